The lowest BCUT2D eigenvalue weighted by molar-refractivity contribution is 0.499. The summed E-state index contributed by atoms with van der Waals surface area (Å²) in [5.41, 5.74) is 1.02. The van der Waals surface area contributed by atoms with E-state index >= 15 is 0 Å². The summed E-state index contributed by atoms with van der Waals surface area (Å²) in [5.74, 6) is 0. The molecule has 1 aromatic heterocycles. The van der Waals surface area contributed by atoms with Gasteiger partial charge in [-0.15, -0.1) is 6.58 Å². The third-order valence-corrected chi connectivity index (χ3v) is 5.33. The molecule has 0 atom stereocenters. The van der Waals surface area contributed by atoms with Gasteiger partial charge in [-0.05, 0) is 25.8 Å². The van der Waals surface area contributed by atoms with E-state index in [4.69, 9.17) is 0 Å². The Kier molecular flexibility index (Phi) is 4.67. The van der Waals surface area contributed by atoms with Gasteiger partial charge in [0.25, 0.3) is 0 Å². The minimum Gasteiger partial charge on any atom is -0.349 e. The molecular formula is C14H23N3O2S. The summed E-state index contributed by atoms with van der Waals surface area (Å²) in [5, 5.41) is 3.42. The summed E-state index contributed by atoms with van der Waals surface area (Å²) in [6.07, 6.45) is 5.75. The number of sulfonamides is 1. The summed E-state index contributed by atoms with van der Waals surface area (Å²) < 4.78 is 28.1. The van der Waals surface area contributed by atoms with Crippen molar-refractivity contribution in [1.82, 2.24) is 14.2 Å². The number of likely N-dealkylation sites (N-methyl/N-ethyl adjacent to an activating group) is 1. The quantitative estimate of drug-likeness (QED) is 0.741. The molecule has 0 saturated heterocycles. The van der Waals surface area contributed by atoms with Crippen LogP contribution in [0, 0.1) is 0 Å². The van der Waals surface area contributed by atoms with Crippen LogP contribution in [0.2, 0.25) is 0 Å². The molecule has 0 aliphatic heterocycles. The molecule has 1 heterocycles. The van der Waals surface area contributed by atoms with Crippen LogP contribution in [0.3, 0.4) is 0 Å². The molecule has 1 N–H and O–H groups in total. The SMILES string of the molecule is C=CCN(C)S(=O)(=O)c1cc(CNC2CC2)n(CC)c1. The zero-order chi connectivity index (χ0) is 14.8. The fourth-order valence-corrected chi connectivity index (χ4v) is 3.31. The number of aromatic nitrogens is 1. The monoisotopic (exact) mass is 297 g/mol. The number of hydrogen-bond donors (Lipinski definition) is 1. The van der Waals surface area contributed by atoms with Crippen molar-refractivity contribution in [2.75, 3.05) is 13.6 Å². The number of nitrogens with one attached hydrogen (secondary N) is 1. The Labute approximate surface area is 121 Å². The Bertz CT molecular complexity index is 573. The highest BCUT2D eigenvalue weighted by Gasteiger charge is 2.24. The van der Waals surface area contributed by atoms with Gasteiger partial charge in [0.2, 0.25) is 10.0 Å². The van der Waals surface area contributed by atoms with Crippen molar-refractivity contribution < 1.29 is 8.42 Å². The van der Waals surface area contributed by atoms with E-state index < -0.39 is 10.0 Å². The van der Waals surface area contributed by atoms with Crippen LogP contribution in [-0.2, 0) is 23.1 Å². The predicted octanol–water partition coefficient (Wildman–Crippen LogP) is 1.57. The summed E-state index contributed by atoms with van der Waals surface area (Å²) in [6, 6.07) is 2.38. The molecule has 2 rings (SSSR count). The minimum absolute atomic E-state index is 0.315. The first-order valence-electron chi connectivity index (χ1n) is 6.98. The van der Waals surface area contributed by atoms with E-state index in [-0.39, 0.29) is 0 Å². The summed E-state index contributed by atoms with van der Waals surface area (Å²) in [4.78, 5) is 0.358. The van der Waals surface area contributed by atoms with E-state index in [1.807, 2.05) is 11.5 Å². The zero-order valence-electron chi connectivity index (χ0n) is 12.2. The smallest absolute Gasteiger partial charge is 0.244 e. The Morgan fingerprint density at radius 1 is 1.55 bits per heavy atom. The summed E-state index contributed by atoms with van der Waals surface area (Å²) in [7, 11) is -1.85. The van der Waals surface area contributed by atoms with Crippen LogP contribution in [-0.4, -0.2) is 36.9 Å². The molecule has 20 heavy (non-hydrogen) atoms. The van der Waals surface area contributed by atoms with E-state index in [0.717, 1.165) is 18.8 Å². The van der Waals surface area contributed by atoms with Crippen LogP contribution in [0.5, 0.6) is 0 Å². The lowest BCUT2D eigenvalue weighted by Gasteiger charge is -2.13. The molecular weight excluding hydrogens is 274 g/mol. The minimum atomic E-state index is -3.42. The molecule has 1 aliphatic carbocycles. The molecule has 1 fully saturated rings. The van der Waals surface area contributed by atoms with Crippen molar-refractivity contribution in [3.8, 4) is 0 Å². The maximum Gasteiger partial charge on any atom is 0.244 e. The molecule has 0 spiro atoms. The normalized spacial score (nSPS) is 15.8. The van der Waals surface area contributed by atoms with E-state index in [9.17, 15) is 8.42 Å². The Hall–Kier alpha value is -1.11. The maximum absolute atomic E-state index is 12.4. The highest BCUT2D eigenvalue weighted by Crippen LogP contribution is 2.21. The molecule has 5 nitrogen and oxygen atoms in total. The Balaban J connectivity index is 2.20. The van der Waals surface area contributed by atoms with Crippen molar-refractivity contribution in [1.29, 1.82) is 0 Å². The Morgan fingerprint density at radius 2 is 2.25 bits per heavy atom. The number of nitrogens with zero attached hydrogens (tertiary/aromatic N) is 2. The van der Waals surface area contributed by atoms with E-state index in [1.165, 1.54) is 17.1 Å². The molecule has 0 unspecified atom stereocenters. The molecule has 1 aliphatic rings. The molecule has 0 radical (unpaired) electrons. The average Bonchev–Trinajstić information content (AvgIpc) is 3.14. The van der Waals surface area contributed by atoms with Gasteiger partial charge in [-0.3, -0.25) is 0 Å². The topological polar surface area (TPSA) is 54.3 Å². The Morgan fingerprint density at radius 3 is 2.80 bits per heavy atom. The number of rotatable bonds is 8. The van der Waals surface area contributed by atoms with Crippen LogP contribution in [0.15, 0.2) is 29.8 Å². The van der Waals surface area contributed by atoms with Crippen molar-refractivity contribution in [3.05, 3.63) is 30.6 Å². The zero-order valence-corrected chi connectivity index (χ0v) is 13.0. The second-order valence-electron chi connectivity index (χ2n) is 5.18. The van der Waals surface area contributed by atoms with Crippen LogP contribution in [0.1, 0.15) is 25.5 Å². The van der Waals surface area contributed by atoms with Gasteiger partial charge in [-0.2, -0.15) is 4.31 Å². The molecule has 0 aromatic carbocycles. The third kappa shape index (κ3) is 3.31. The van der Waals surface area contributed by atoms with Gasteiger partial charge >= 0.3 is 0 Å². The lowest BCUT2D eigenvalue weighted by atomic mass is 10.4. The summed E-state index contributed by atoms with van der Waals surface area (Å²) >= 11 is 0. The molecule has 1 saturated carbocycles. The number of aryl methyl sites for hydroxylation is 1. The van der Waals surface area contributed by atoms with Gasteiger partial charge in [-0.1, -0.05) is 6.08 Å². The van der Waals surface area contributed by atoms with E-state index in [1.54, 1.807) is 25.4 Å². The van der Waals surface area contributed by atoms with Gasteiger partial charge in [0, 0.05) is 44.6 Å². The average molecular weight is 297 g/mol. The molecule has 6 heteroatoms. The van der Waals surface area contributed by atoms with Crippen LogP contribution in [0.4, 0.5) is 0 Å². The lowest BCUT2D eigenvalue weighted by Crippen LogP contribution is -2.26. The fraction of sp³-hybridized carbons (Fsp3) is 0.571. The van der Waals surface area contributed by atoms with Crippen molar-refractivity contribution in [3.63, 3.8) is 0 Å². The second-order valence-corrected chi connectivity index (χ2v) is 7.23. The van der Waals surface area contributed by atoms with Gasteiger partial charge in [0.1, 0.15) is 4.90 Å². The van der Waals surface area contributed by atoms with E-state index in [0.29, 0.717) is 17.5 Å². The summed E-state index contributed by atoms with van der Waals surface area (Å²) in [6.45, 7) is 7.40. The molecule has 0 bridgehead atoms. The van der Waals surface area contributed by atoms with Gasteiger partial charge in [-0.25, -0.2) is 8.42 Å². The van der Waals surface area contributed by atoms with Crippen molar-refractivity contribution in [2.24, 2.45) is 0 Å². The van der Waals surface area contributed by atoms with Crippen LogP contribution >= 0.6 is 0 Å². The number of hydrogen-bond acceptors (Lipinski definition) is 3. The predicted molar refractivity (Wildman–Crippen MR) is 80.0 cm³/mol. The highest BCUT2D eigenvalue weighted by molar-refractivity contribution is 7.89. The van der Waals surface area contributed by atoms with E-state index in [2.05, 4.69) is 11.9 Å². The standard InChI is InChI=1S/C14H23N3O2S/c1-4-8-16(3)20(18,19)14-9-13(17(5-2)11-14)10-15-12-6-7-12/h4,9,11-12,15H,1,5-8,10H2,2-3H3. The maximum atomic E-state index is 12.4. The van der Waals surface area contributed by atoms with Crippen LogP contribution in [0.25, 0.3) is 0 Å². The van der Waals surface area contributed by atoms with Crippen LogP contribution < -0.4 is 5.32 Å². The first-order valence-corrected chi connectivity index (χ1v) is 8.42. The van der Waals surface area contributed by atoms with Crippen molar-refractivity contribution >= 4 is 10.0 Å². The second kappa shape index (κ2) is 6.11. The highest BCUT2D eigenvalue weighted by atomic mass is 32.2. The van der Waals surface area contributed by atoms with Crippen molar-refractivity contribution in [2.45, 2.75) is 43.8 Å². The third-order valence-electron chi connectivity index (χ3n) is 3.55. The molecule has 1 aromatic rings. The first-order chi connectivity index (χ1) is 9.48. The first kappa shape index (κ1) is 15.3. The molecule has 0 amide bonds. The van der Waals surface area contributed by atoms with Gasteiger partial charge in [0.05, 0.1) is 0 Å². The van der Waals surface area contributed by atoms with Gasteiger partial charge in [0.15, 0.2) is 0 Å². The molecule has 112 valence electrons. The largest absolute Gasteiger partial charge is 0.349 e. The van der Waals surface area contributed by atoms with Gasteiger partial charge < -0.3 is 9.88 Å². The fourth-order valence-electron chi connectivity index (χ4n) is 2.11.